The number of urea groups is 1. The molecular formula is C18H16ClN3O3. The molecule has 0 saturated carbocycles. The molecule has 0 atom stereocenters. The van der Waals surface area contributed by atoms with Crippen molar-refractivity contribution in [1.82, 2.24) is 14.8 Å². The van der Waals surface area contributed by atoms with E-state index in [0.29, 0.717) is 5.02 Å². The maximum atomic E-state index is 12.2. The molecule has 0 radical (unpaired) electrons. The molecule has 0 aliphatic carbocycles. The lowest BCUT2D eigenvalue weighted by molar-refractivity contribution is -0.129. The lowest BCUT2D eigenvalue weighted by Gasteiger charge is -2.22. The highest BCUT2D eigenvalue weighted by molar-refractivity contribution is 6.31. The standard InChI is InChI=1S/C18H16ClN3O3/c1-10-8-12(9-15-16(23)20-18(25)21(3)17(15)24)11(2)22(10)14-6-4-13(19)5-7-14/h4-9H,1-3H3,(H,20,23,25)/b15-9-. The summed E-state index contributed by atoms with van der Waals surface area (Å²) in [5, 5.41) is 2.79. The van der Waals surface area contributed by atoms with E-state index < -0.39 is 17.8 Å². The molecule has 1 aliphatic heterocycles. The van der Waals surface area contributed by atoms with Gasteiger partial charge >= 0.3 is 6.03 Å². The van der Waals surface area contributed by atoms with E-state index in [2.05, 4.69) is 5.32 Å². The lowest BCUT2D eigenvalue weighted by atomic mass is 10.1. The number of aromatic nitrogens is 1. The first-order valence-corrected chi connectivity index (χ1v) is 7.97. The van der Waals surface area contributed by atoms with Crippen LogP contribution >= 0.6 is 11.6 Å². The number of barbiturate groups is 1. The van der Waals surface area contributed by atoms with E-state index in [-0.39, 0.29) is 5.57 Å². The molecule has 0 unspecified atom stereocenters. The number of nitrogens with one attached hydrogen (secondary N) is 1. The van der Waals surface area contributed by atoms with Crippen LogP contribution in [-0.4, -0.2) is 34.4 Å². The highest BCUT2D eigenvalue weighted by Gasteiger charge is 2.33. The summed E-state index contributed by atoms with van der Waals surface area (Å²) < 4.78 is 2.00. The van der Waals surface area contributed by atoms with Crippen LogP contribution in [0.25, 0.3) is 11.8 Å². The summed E-state index contributed by atoms with van der Waals surface area (Å²) >= 11 is 5.94. The van der Waals surface area contributed by atoms with Crippen LogP contribution < -0.4 is 5.32 Å². The Bertz CT molecular complexity index is 926. The van der Waals surface area contributed by atoms with Gasteiger partial charge in [-0.2, -0.15) is 0 Å². The molecule has 6 nitrogen and oxygen atoms in total. The third-order valence-electron chi connectivity index (χ3n) is 4.16. The molecule has 1 fully saturated rings. The van der Waals surface area contributed by atoms with Crippen LogP contribution in [0.5, 0.6) is 0 Å². The fourth-order valence-corrected chi connectivity index (χ4v) is 2.95. The zero-order chi connectivity index (χ0) is 18.3. The van der Waals surface area contributed by atoms with Crippen LogP contribution in [0.3, 0.4) is 0 Å². The number of nitrogens with zero attached hydrogens (tertiary/aromatic N) is 2. The Labute approximate surface area is 149 Å². The number of halogens is 1. The number of likely N-dealkylation sites (N-methyl/N-ethyl adjacent to an activating group) is 1. The molecule has 3 rings (SSSR count). The minimum absolute atomic E-state index is 0.0709. The van der Waals surface area contributed by atoms with Crippen molar-refractivity contribution in [2.45, 2.75) is 13.8 Å². The number of hydrogen-bond donors (Lipinski definition) is 1. The van der Waals surface area contributed by atoms with E-state index in [1.54, 1.807) is 12.1 Å². The second-order valence-electron chi connectivity index (χ2n) is 5.82. The summed E-state index contributed by atoms with van der Waals surface area (Å²) in [4.78, 5) is 36.6. The Morgan fingerprint density at radius 3 is 2.36 bits per heavy atom. The summed E-state index contributed by atoms with van der Waals surface area (Å²) in [5.74, 6) is -1.31. The molecule has 0 spiro atoms. The lowest BCUT2D eigenvalue weighted by Crippen LogP contribution is -2.52. The molecule has 1 aromatic carbocycles. The molecular weight excluding hydrogens is 342 g/mol. The fourth-order valence-electron chi connectivity index (χ4n) is 2.82. The number of aryl methyl sites for hydroxylation is 1. The van der Waals surface area contributed by atoms with Gasteiger partial charge in [0, 0.05) is 29.1 Å². The van der Waals surface area contributed by atoms with E-state index in [1.807, 2.05) is 36.6 Å². The number of carbonyl (C=O) groups excluding carboxylic acids is 3. The largest absolute Gasteiger partial charge is 0.331 e. The first-order valence-electron chi connectivity index (χ1n) is 7.59. The molecule has 7 heteroatoms. The molecule has 2 heterocycles. The van der Waals surface area contributed by atoms with Crippen molar-refractivity contribution in [3.05, 3.63) is 57.9 Å². The highest BCUT2D eigenvalue weighted by Crippen LogP contribution is 2.24. The molecule has 1 aromatic heterocycles. The van der Waals surface area contributed by atoms with E-state index in [1.165, 1.54) is 13.1 Å². The minimum atomic E-state index is -0.723. The van der Waals surface area contributed by atoms with Crippen LogP contribution in [0.4, 0.5) is 4.79 Å². The highest BCUT2D eigenvalue weighted by atomic mass is 35.5. The molecule has 1 aliphatic rings. The number of benzene rings is 1. The Morgan fingerprint density at radius 1 is 1.08 bits per heavy atom. The van der Waals surface area contributed by atoms with Crippen molar-refractivity contribution in [3.63, 3.8) is 0 Å². The van der Waals surface area contributed by atoms with Crippen molar-refractivity contribution in [3.8, 4) is 5.69 Å². The fraction of sp³-hybridized carbons (Fsp3) is 0.167. The van der Waals surface area contributed by atoms with Gasteiger partial charge in [0.15, 0.2) is 0 Å². The summed E-state index contributed by atoms with van der Waals surface area (Å²) in [5.41, 5.74) is 3.40. The number of amides is 4. The van der Waals surface area contributed by atoms with Gasteiger partial charge in [-0.1, -0.05) is 11.6 Å². The smallest absolute Gasteiger partial charge is 0.318 e. The average Bonchev–Trinajstić information content (AvgIpc) is 2.84. The van der Waals surface area contributed by atoms with Gasteiger partial charge in [0.05, 0.1) is 0 Å². The van der Waals surface area contributed by atoms with Gasteiger partial charge in [-0.3, -0.25) is 19.8 Å². The normalized spacial score (nSPS) is 16.6. The van der Waals surface area contributed by atoms with Crippen molar-refractivity contribution < 1.29 is 14.4 Å². The zero-order valence-corrected chi connectivity index (χ0v) is 14.7. The van der Waals surface area contributed by atoms with E-state index in [9.17, 15) is 14.4 Å². The van der Waals surface area contributed by atoms with Gasteiger partial charge in [-0.05, 0) is 55.8 Å². The van der Waals surface area contributed by atoms with Gasteiger partial charge in [-0.15, -0.1) is 0 Å². The number of imide groups is 2. The molecule has 1 saturated heterocycles. The molecule has 25 heavy (non-hydrogen) atoms. The van der Waals surface area contributed by atoms with Crippen LogP contribution in [-0.2, 0) is 9.59 Å². The Morgan fingerprint density at radius 2 is 1.72 bits per heavy atom. The van der Waals surface area contributed by atoms with Crippen LogP contribution in [0.15, 0.2) is 35.9 Å². The van der Waals surface area contributed by atoms with Gasteiger partial charge in [-0.25, -0.2) is 4.79 Å². The average molecular weight is 358 g/mol. The molecule has 4 amide bonds. The molecule has 128 valence electrons. The first kappa shape index (κ1) is 17.0. The number of carbonyl (C=O) groups is 3. The molecule has 2 aromatic rings. The van der Waals surface area contributed by atoms with Crippen molar-refractivity contribution in [1.29, 1.82) is 0 Å². The van der Waals surface area contributed by atoms with E-state index >= 15 is 0 Å². The quantitative estimate of drug-likeness (QED) is 0.663. The Balaban J connectivity index is 2.06. The second-order valence-corrected chi connectivity index (χ2v) is 6.26. The summed E-state index contributed by atoms with van der Waals surface area (Å²) in [6.07, 6.45) is 1.51. The Kier molecular flexibility index (Phi) is 4.22. The van der Waals surface area contributed by atoms with Gasteiger partial charge in [0.25, 0.3) is 11.8 Å². The van der Waals surface area contributed by atoms with Crippen molar-refractivity contribution >= 4 is 35.5 Å². The zero-order valence-electron chi connectivity index (χ0n) is 14.0. The summed E-state index contributed by atoms with van der Waals surface area (Å²) in [6, 6.07) is 8.54. The van der Waals surface area contributed by atoms with Gasteiger partial charge in [0.1, 0.15) is 5.57 Å². The van der Waals surface area contributed by atoms with E-state index in [4.69, 9.17) is 11.6 Å². The van der Waals surface area contributed by atoms with Crippen LogP contribution in [0.1, 0.15) is 17.0 Å². The van der Waals surface area contributed by atoms with Crippen LogP contribution in [0, 0.1) is 13.8 Å². The maximum absolute atomic E-state index is 12.2. The van der Waals surface area contributed by atoms with E-state index in [0.717, 1.165) is 27.5 Å². The topological polar surface area (TPSA) is 71.4 Å². The molecule has 1 N–H and O–H groups in total. The predicted molar refractivity (Wildman–Crippen MR) is 94.5 cm³/mol. The maximum Gasteiger partial charge on any atom is 0.331 e. The number of rotatable bonds is 2. The van der Waals surface area contributed by atoms with Crippen molar-refractivity contribution in [2.75, 3.05) is 7.05 Å². The summed E-state index contributed by atoms with van der Waals surface area (Å²) in [7, 11) is 1.33. The third kappa shape index (κ3) is 2.96. The van der Waals surface area contributed by atoms with Gasteiger partial charge in [0.2, 0.25) is 0 Å². The summed E-state index contributed by atoms with van der Waals surface area (Å²) in [6.45, 7) is 3.83. The second kappa shape index (κ2) is 6.22. The number of hydrogen-bond acceptors (Lipinski definition) is 3. The predicted octanol–water partition coefficient (Wildman–Crippen LogP) is 2.84. The van der Waals surface area contributed by atoms with Gasteiger partial charge < -0.3 is 4.57 Å². The van der Waals surface area contributed by atoms with Crippen LogP contribution in [0.2, 0.25) is 5.02 Å². The SMILES string of the molecule is Cc1cc(/C=C2/C(=O)NC(=O)N(C)C2=O)c(C)n1-c1ccc(Cl)cc1. The van der Waals surface area contributed by atoms with Crippen molar-refractivity contribution in [2.24, 2.45) is 0 Å². The Hall–Kier alpha value is -2.86. The molecule has 0 bridgehead atoms. The minimum Gasteiger partial charge on any atom is -0.318 e. The monoisotopic (exact) mass is 357 g/mol. The first-order chi connectivity index (χ1) is 11.8. The third-order valence-corrected chi connectivity index (χ3v) is 4.41.